The van der Waals surface area contributed by atoms with Gasteiger partial charge < -0.3 is 10.1 Å². The number of ether oxygens (including phenoxy) is 1. The minimum Gasteiger partial charge on any atom is -0.494 e. The summed E-state index contributed by atoms with van der Waals surface area (Å²) in [6.45, 7) is 6.20. The molecular weight excluding hydrogens is 246 g/mol. The molecule has 0 spiro atoms. The standard InChI is InChI=1S/C18H27NO/c1-3-9-20-17-7-5-13(6-8-17)18(19-4-2)16-11-14-10-15(14)12-16/h5-8,14-16,18-19H,3-4,9-12H2,1-2H3. The fourth-order valence-electron chi connectivity index (χ4n) is 3.80. The lowest BCUT2D eigenvalue weighted by molar-refractivity contribution is 0.316. The summed E-state index contributed by atoms with van der Waals surface area (Å²) in [6.07, 6.45) is 5.42. The van der Waals surface area contributed by atoms with Gasteiger partial charge in [-0.2, -0.15) is 0 Å². The van der Waals surface area contributed by atoms with Gasteiger partial charge in [0.15, 0.2) is 0 Å². The molecule has 2 aliphatic carbocycles. The molecule has 0 saturated heterocycles. The van der Waals surface area contributed by atoms with E-state index in [-0.39, 0.29) is 0 Å². The summed E-state index contributed by atoms with van der Waals surface area (Å²) in [5.41, 5.74) is 1.43. The van der Waals surface area contributed by atoms with Gasteiger partial charge in [-0.25, -0.2) is 0 Å². The van der Waals surface area contributed by atoms with Gasteiger partial charge in [0.2, 0.25) is 0 Å². The third-order valence-electron chi connectivity index (χ3n) is 4.89. The number of nitrogens with one attached hydrogen (secondary N) is 1. The van der Waals surface area contributed by atoms with Gasteiger partial charge in [0.05, 0.1) is 6.61 Å². The highest BCUT2D eigenvalue weighted by molar-refractivity contribution is 5.30. The number of benzene rings is 1. The molecule has 2 heteroatoms. The molecule has 0 bridgehead atoms. The molecule has 0 aromatic heterocycles. The Bertz CT molecular complexity index is 418. The molecule has 2 saturated carbocycles. The van der Waals surface area contributed by atoms with Gasteiger partial charge in [-0.3, -0.25) is 0 Å². The van der Waals surface area contributed by atoms with E-state index in [0.29, 0.717) is 6.04 Å². The summed E-state index contributed by atoms with van der Waals surface area (Å²) in [4.78, 5) is 0. The Morgan fingerprint density at radius 3 is 2.40 bits per heavy atom. The van der Waals surface area contributed by atoms with E-state index in [0.717, 1.165) is 43.1 Å². The topological polar surface area (TPSA) is 21.3 Å². The predicted octanol–water partition coefficient (Wildman–Crippen LogP) is 4.17. The Morgan fingerprint density at radius 1 is 1.10 bits per heavy atom. The van der Waals surface area contributed by atoms with Crippen molar-refractivity contribution in [1.82, 2.24) is 5.32 Å². The molecule has 1 aromatic carbocycles. The number of hydrogen-bond donors (Lipinski definition) is 1. The molecule has 2 fully saturated rings. The van der Waals surface area contributed by atoms with Gasteiger partial charge in [-0.15, -0.1) is 0 Å². The van der Waals surface area contributed by atoms with Crippen molar-refractivity contribution in [2.75, 3.05) is 13.2 Å². The zero-order valence-corrected chi connectivity index (χ0v) is 12.8. The molecule has 3 rings (SSSR count). The van der Waals surface area contributed by atoms with E-state index in [2.05, 4.69) is 43.4 Å². The lowest BCUT2D eigenvalue weighted by Gasteiger charge is -2.26. The van der Waals surface area contributed by atoms with Crippen LogP contribution < -0.4 is 10.1 Å². The van der Waals surface area contributed by atoms with Crippen LogP contribution in [0.25, 0.3) is 0 Å². The number of fused-ring (bicyclic) bond motifs is 1. The van der Waals surface area contributed by atoms with Crippen LogP contribution in [0.5, 0.6) is 5.75 Å². The monoisotopic (exact) mass is 273 g/mol. The molecule has 3 atom stereocenters. The highest BCUT2D eigenvalue weighted by atomic mass is 16.5. The van der Waals surface area contributed by atoms with E-state index in [1.165, 1.54) is 24.8 Å². The third kappa shape index (κ3) is 3.01. The average molecular weight is 273 g/mol. The maximum atomic E-state index is 5.68. The van der Waals surface area contributed by atoms with E-state index < -0.39 is 0 Å². The van der Waals surface area contributed by atoms with Crippen LogP contribution in [0.2, 0.25) is 0 Å². The van der Waals surface area contributed by atoms with Gasteiger partial charge in [0.25, 0.3) is 0 Å². The van der Waals surface area contributed by atoms with Crippen molar-refractivity contribution < 1.29 is 4.74 Å². The molecule has 0 heterocycles. The van der Waals surface area contributed by atoms with E-state index >= 15 is 0 Å². The first-order chi connectivity index (χ1) is 9.81. The van der Waals surface area contributed by atoms with Crippen molar-refractivity contribution in [3.05, 3.63) is 29.8 Å². The molecule has 0 radical (unpaired) electrons. The molecule has 3 unspecified atom stereocenters. The minimum absolute atomic E-state index is 0.535. The van der Waals surface area contributed by atoms with Crippen LogP contribution in [-0.2, 0) is 0 Å². The Labute approximate surface area is 122 Å². The zero-order chi connectivity index (χ0) is 13.9. The molecule has 2 nitrogen and oxygen atoms in total. The second-order valence-electron chi connectivity index (χ2n) is 6.44. The molecule has 1 aromatic rings. The average Bonchev–Trinajstić information content (AvgIpc) is 3.09. The summed E-state index contributed by atoms with van der Waals surface area (Å²) in [5, 5.41) is 3.70. The summed E-state index contributed by atoms with van der Waals surface area (Å²) in [6, 6.07) is 9.30. The van der Waals surface area contributed by atoms with E-state index in [1.54, 1.807) is 0 Å². The van der Waals surface area contributed by atoms with Crippen LogP contribution >= 0.6 is 0 Å². The van der Waals surface area contributed by atoms with E-state index in [4.69, 9.17) is 4.74 Å². The van der Waals surface area contributed by atoms with Crippen LogP contribution in [0.15, 0.2) is 24.3 Å². The molecule has 1 N–H and O–H groups in total. The van der Waals surface area contributed by atoms with Crippen molar-refractivity contribution in [1.29, 1.82) is 0 Å². The quantitative estimate of drug-likeness (QED) is 0.805. The van der Waals surface area contributed by atoms with Crippen molar-refractivity contribution in [3.8, 4) is 5.75 Å². The summed E-state index contributed by atoms with van der Waals surface area (Å²) in [5.74, 6) is 3.93. The Kier molecular flexibility index (Phi) is 4.30. The molecule has 0 amide bonds. The largest absolute Gasteiger partial charge is 0.494 e. The van der Waals surface area contributed by atoms with E-state index in [1.807, 2.05) is 0 Å². The lowest BCUT2D eigenvalue weighted by atomic mass is 9.89. The summed E-state index contributed by atoms with van der Waals surface area (Å²) < 4.78 is 5.68. The molecule has 0 aliphatic heterocycles. The molecule has 2 aliphatic rings. The highest BCUT2D eigenvalue weighted by Crippen LogP contribution is 2.57. The highest BCUT2D eigenvalue weighted by Gasteiger charge is 2.47. The second-order valence-corrected chi connectivity index (χ2v) is 6.44. The van der Waals surface area contributed by atoms with Crippen molar-refractivity contribution in [2.45, 2.75) is 45.6 Å². The van der Waals surface area contributed by atoms with Gasteiger partial charge in [-0.1, -0.05) is 26.0 Å². The van der Waals surface area contributed by atoms with Crippen molar-refractivity contribution in [2.24, 2.45) is 17.8 Å². The number of rotatable bonds is 7. The van der Waals surface area contributed by atoms with Crippen molar-refractivity contribution in [3.63, 3.8) is 0 Å². The Balaban J connectivity index is 1.67. The van der Waals surface area contributed by atoms with Gasteiger partial charge in [0, 0.05) is 6.04 Å². The smallest absolute Gasteiger partial charge is 0.119 e. The van der Waals surface area contributed by atoms with Crippen LogP contribution in [0.3, 0.4) is 0 Å². The molecule has 20 heavy (non-hydrogen) atoms. The second kappa shape index (κ2) is 6.17. The van der Waals surface area contributed by atoms with Crippen LogP contribution in [0.4, 0.5) is 0 Å². The first-order valence-corrected chi connectivity index (χ1v) is 8.28. The van der Waals surface area contributed by atoms with Gasteiger partial charge in [-0.05, 0) is 67.7 Å². The normalized spacial score (nSPS) is 29.0. The first-order valence-electron chi connectivity index (χ1n) is 8.28. The van der Waals surface area contributed by atoms with Crippen molar-refractivity contribution >= 4 is 0 Å². The summed E-state index contributed by atoms with van der Waals surface area (Å²) >= 11 is 0. The van der Waals surface area contributed by atoms with Crippen LogP contribution in [0.1, 0.15) is 51.1 Å². The fraction of sp³-hybridized carbons (Fsp3) is 0.667. The van der Waals surface area contributed by atoms with Gasteiger partial charge in [0.1, 0.15) is 5.75 Å². The number of hydrogen-bond acceptors (Lipinski definition) is 2. The Morgan fingerprint density at radius 2 is 1.80 bits per heavy atom. The zero-order valence-electron chi connectivity index (χ0n) is 12.8. The fourth-order valence-corrected chi connectivity index (χ4v) is 3.80. The first kappa shape index (κ1) is 13.9. The third-order valence-corrected chi connectivity index (χ3v) is 4.89. The maximum absolute atomic E-state index is 5.68. The SMILES string of the molecule is CCCOc1ccc(C(NCC)C2CC3CC3C2)cc1. The van der Waals surface area contributed by atoms with E-state index in [9.17, 15) is 0 Å². The predicted molar refractivity (Wildman–Crippen MR) is 83.0 cm³/mol. The van der Waals surface area contributed by atoms with Crippen LogP contribution in [-0.4, -0.2) is 13.2 Å². The van der Waals surface area contributed by atoms with Crippen LogP contribution in [0, 0.1) is 17.8 Å². The Hall–Kier alpha value is -1.02. The lowest BCUT2D eigenvalue weighted by Crippen LogP contribution is -2.27. The summed E-state index contributed by atoms with van der Waals surface area (Å²) in [7, 11) is 0. The maximum Gasteiger partial charge on any atom is 0.119 e. The minimum atomic E-state index is 0.535. The van der Waals surface area contributed by atoms with Gasteiger partial charge >= 0.3 is 0 Å². The molecular formula is C18H27NO. The molecule has 110 valence electrons.